The number of aliphatic hydroxyl groups excluding tert-OH is 1. The number of nitrogens with zero attached hydrogens (tertiary/aromatic N) is 3. The van der Waals surface area contributed by atoms with E-state index >= 15 is 0 Å². The number of aromatic amines is 1. The summed E-state index contributed by atoms with van der Waals surface area (Å²) in [4.78, 5) is 38.2. The molecule has 3 aromatic rings. The summed E-state index contributed by atoms with van der Waals surface area (Å²) in [6.07, 6.45) is 6.63. The minimum Gasteiger partial charge on any atom is -0.493 e. The fourth-order valence-corrected chi connectivity index (χ4v) is 4.15. The Morgan fingerprint density at radius 1 is 1.24 bits per heavy atom. The maximum atomic E-state index is 14.0. The van der Waals surface area contributed by atoms with Gasteiger partial charge in [-0.15, -0.1) is 0 Å². The minimum absolute atomic E-state index is 0.0906. The molecule has 2 fully saturated rings. The van der Waals surface area contributed by atoms with E-state index in [1.807, 2.05) is 0 Å². The number of aromatic nitrogens is 3. The zero-order valence-electron chi connectivity index (χ0n) is 18.6. The summed E-state index contributed by atoms with van der Waals surface area (Å²) in [5.74, 6) is 0.321. The number of amides is 2. The standard InChI is InChI=1S/C24H26FN5O4/c25-15-3-4-20(34-13-14-1-2-14)17(9-15)23-27-11-19-22(29-23)18(10-26-19)24(33)28-16-5-7-30(8-6-16)21(32)12-31/h3-4,9-11,14,16,26,31H,1-2,5-8,12-13H2,(H,28,33). The van der Waals surface area contributed by atoms with Gasteiger partial charge in [0.2, 0.25) is 5.91 Å². The zero-order chi connectivity index (χ0) is 23.7. The topological polar surface area (TPSA) is 120 Å². The number of carbonyl (C=O) groups excluding carboxylic acids is 2. The van der Waals surface area contributed by atoms with Crippen LogP contribution in [0.1, 0.15) is 36.0 Å². The van der Waals surface area contributed by atoms with Crippen molar-refractivity contribution in [1.82, 2.24) is 25.2 Å². The molecule has 0 unspecified atom stereocenters. The number of hydrogen-bond donors (Lipinski definition) is 3. The molecule has 0 spiro atoms. The molecule has 34 heavy (non-hydrogen) atoms. The van der Waals surface area contributed by atoms with Gasteiger partial charge < -0.3 is 25.0 Å². The summed E-state index contributed by atoms with van der Waals surface area (Å²) in [6.45, 7) is 1.02. The van der Waals surface area contributed by atoms with E-state index in [1.165, 1.54) is 12.1 Å². The van der Waals surface area contributed by atoms with Gasteiger partial charge in [-0.1, -0.05) is 0 Å². The number of benzene rings is 1. The van der Waals surface area contributed by atoms with Crippen LogP contribution in [0.5, 0.6) is 5.75 Å². The summed E-state index contributed by atoms with van der Waals surface area (Å²) in [6, 6.07) is 4.18. The predicted octanol–water partition coefficient (Wildman–Crippen LogP) is 2.27. The number of aliphatic hydroxyl groups is 1. The molecule has 0 bridgehead atoms. The highest BCUT2D eigenvalue weighted by atomic mass is 19.1. The number of piperidine rings is 1. The second-order valence-electron chi connectivity index (χ2n) is 8.84. The third kappa shape index (κ3) is 4.72. The van der Waals surface area contributed by atoms with Gasteiger partial charge in [-0.3, -0.25) is 9.59 Å². The molecule has 0 atom stereocenters. The van der Waals surface area contributed by atoms with E-state index < -0.39 is 12.4 Å². The molecule has 3 heterocycles. The average Bonchev–Trinajstić information content (AvgIpc) is 3.59. The number of likely N-dealkylation sites (tertiary alicyclic amines) is 1. The van der Waals surface area contributed by atoms with Crippen LogP contribution in [0.3, 0.4) is 0 Å². The summed E-state index contributed by atoms with van der Waals surface area (Å²) in [7, 11) is 0. The van der Waals surface area contributed by atoms with Crippen molar-refractivity contribution in [2.75, 3.05) is 26.3 Å². The van der Waals surface area contributed by atoms with Gasteiger partial charge in [0, 0.05) is 25.3 Å². The van der Waals surface area contributed by atoms with Gasteiger partial charge in [0.15, 0.2) is 5.82 Å². The van der Waals surface area contributed by atoms with Crippen LogP contribution in [0.25, 0.3) is 22.4 Å². The number of rotatable bonds is 7. The van der Waals surface area contributed by atoms with Gasteiger partial charge in [0.25, 0.3) is 5.91 Å². The van der Waals surface area contributed by atoms with Gasteiger partial charge in [-0.2, -0.15) is 0 Å². The Morgan fingerprint density at radius 3 is 2.76 bits per heavy atom. The van der Waals surface area contributed by atoms with E-state index in [9.17, 15) is 14.0 Å². The van der Waals surface area contributed by atoms with Gasteiger partial charge in [0.05, 0.1) is 29.4 Å². The molecule has 3 N–H and O–H groups in total. The Balaban J connectivity index is 1.35. The Labute approximate surface area is 195 Å². The molecular formula is C24H26FN5O4. The van der Waals surface area contributed by atoms with E-state index in [-0.39, 0.29) is 23.7 Å². The van der Waals surface area contributed by atoms with Crippen LogP contribution in [-0.4, -0.2) is 69.1 Å². The summed E-state index contributed by atoms with van der Waals surface area (Å²) >= 11 is 0. The highest BCUT2D eigenvalue weighted by Gasteiger charge is 2.26. The highest BCUT2D eigenvalue weighted by molar-refractivity contribution is 6.05. The van der Waals surface area contributed by atoms with Crippen molar-refractivity contribution in [1.29, 1.82) is 0 Å². The van der Waals surface area contributed by atoms with E-state index in [0.29, 0.717) is 66.4 Å². The van der Waals surface area contributed by atoms with Crippen LogP contribution >= 0.6 is 0 Å². The number of fused-ring (bicyclic) bond motifs is 1. The second-order valence-corrected chi connectivity index (χ2v) is 8.84. The Bertz CT molecular complexity index is 1220. The van der Waals surface area contributed by atoms with Crippen LogP contribution in [0.4, 0.5) is 4.39 Å². The van der Waals surface area contributed by atoms with Crippen LogP contribution in [0, 0.1) is 11.7 Å². The molecule has 1 aromatic carbocycles. The van der Waals surface area contributed by atoms with E-state index in [4.69, 9.17) is 9.84 Å². The highest BCUT2D eigenvalue weighted by Crippen LogP contribution is 2.33. The molecule has 5 rings (SSSR count). The van der Waals surface area contributed by atoms with Crippen LogP contribution in [0.2, 0.25) is 0 Å². The maximum absolute atomic E-state index is 14.0. The lowest BCUT2D eigenvalue weighted by atomic mass is 10.0. The molecule has 0 radical (unpaired) electrons. The minimum atomic E-state index is -0.507. The molecule has 1 aliphatic heterocycles. The average molecular weight is 468 g/mol. The number of ether oxygens (including phenoxy) is 1. The molecule has 178 valence electrons. The number of hydrogen-bond acceptors (Lipinski definition) is 6. The van der Waals surface area contributed by atoms with Crippen molar-refractivity contribution in [2.24, 2.45) is 5.92 Å². The molecule has 1 saturated carbocycles. The largest absolute Gasteiger partial charge is 0.493 e. The maximum Gasteiger partial charge on any atom is 0.255 e. The number of nitrogens with one attached hydrogen (secondary N) is 2. The Morgan fingerprint density at radius 2 is 2.03 bits per heavy atom. The summed E-state index contributed by atoms with van der Waals surface area (Å²) < 4.78 is 19.9. The summed E-state index contributed by atoms with van der Waals surface area (Å²) in [5.41, 5.74) is 1.84. The van der Waals surface area contributed by atoms with Crippen molar-refractivity contribution < 1.29 is 23.8 Å². The van der Waals surface area contributed by atoms with Crippen molar-refractivity contribution in [3.63, 3.8) is 0 Å². The molecular weight excluding hydrogens is 441 g/mol. The molecule has 9 nitrogen and oxygen atoms in total. The number of carbonyl (C=O) groups is 2. The number of halogens is 1. The quantitative estimate of drug-likeness (QED) is 0.490. The van der Waals surface area contributed by atoms with Crippen LogP contribution in [-0.2, 0) is 4.79 Å². The van der Waals surface area contributed by atoms with Crippen molar-refractivity contribution in [2.45, 2.75) is 31.7 Å². The van der Waals surface area contributed by atoms with E-state index in [1.54, 1.807) is 23.4 Å². The lowest BCUT2D eigenvalue weighted by Gasteiger charge is -2.32. The fraction of sp³-hybridized carbons (Fsp3) is 0.417. The normalized spacial score (nSPS) is 16.6. The smallest absolute Gasteiger partial charge is 0.255 e. The Hall–Kier alpha value is -3.53. The third-order valence-electron chi connectivity index (χ3n) is 6.33. The first-order valence-corrected chi connectivity index (χ1v) is 11.5. The van der Waals surface area contributed by atoms with Crippen molar-refractivity contribution >= 4 is 22.8 Å². The van der Waals surface area contributed by atoms with Gasteiger partial charge in [-0.05, 0) is 49.8 Å². The first-order valence-electron chi connectivity index (χ1n) is 11.5. The lowest BCUT2D eigenvalue weighted by molar-refractivity contribution is -0.135. The predicted molar refractivity (Wildman–Crippen MR) is 122 cm³/mol. The monoisotopic (exact) mass is 467 g/mol. The molecule has 1 aliphatic carbocycles. The first kappa shape index (κ1) is 22.3. The SMILES string of the molecule is O=C(NC1CCN(C(=O)CO)CC1)c1c[nH]c2cnc(-c3cc(F)ccc3OCC3CC3)nc12. The van der Waals surface area contributed by atoms with E-state index in [0.717, 1.165) is 12.8 Å². The third-order valence-corrected chi connectivity index (χ3v) is 6.33. The molecule has 1 saturated heterocycles. The van der Waals surface area contributed by atoms with Crippen LogP contribution < -0.4 is 10.1 Å². The van der Waals surface area contributed by atoms with Crippen molar-refractivity contribution in [3.05, 3.63) is 42.0 Å². The second kappa shape index (κ2) is 9.38. The molecule has 10 heteroatoms. The molecule has 2 amide bonds. The number of H-pyrrole nitrogens is 1. The first-order chi connectivity index (χ1) is 16.5. The van der Waals surface area contributed by atoms with E-state index in [2.05, 4.69) is 20.3 Å². The van der Waals surface area contributed by atoms with Gasteiger partial charge >= 0.3 is 0 Å². The van der Waals surface area contributed by atoms with Gasteiger partial charge in [0.1, 0.15) is 23.7 Å². The Kier molecular flexibility index (Phi) is 6.14. The molecule has 2 aliphatic rings. The fourth-order valence-electron chi connectivity index (χ4n) is 4.15. The molecule has 2 aromatic heterocycles. The van der Waals surface area contributed by atoms with Crippen LogP contribution in [0.15, 0.2) is 30.6 Å². The zero-order valence-corrected chi connectivity index (χ0v) is 18.6. The summed E-state index contributed by atoms with van der Waals surface area (Å²) in [5, 5.41) is 12.0. The van der Waals surface area contributed by atoms with Gasteiger partial charge in [-0.25, -0.2) is 14.4 Å². The lowest BCUT2D eigenvalue weighted by Crippen LogP contribution is -2.47. The van der Waals surface area contributed by atoms with Crippen molar-refractivity contribution in [3.8, 4) is 17.1 Å².